The Bertz CT molecular complexity index is 678. The average Bonchev–Trinajstić information content (AvgIpc) is 2.82. The number of rotatable bonds is 6. The van der Waals surface area contributed by atoms with Crippen molar-refractivity contribution in [1.29, 1.82) is 0 Å². The predicted octanol–water partition coefficient (Wildman–Crippen LogP) is -0.584. The van der Waals surface area contributed by atoms with Crippen molar-refractivity contribution >= 4 is 23.2 Å². The summed E-state index contributed by atoms with van der Waals surface area (Å²) in [7, 11) is 0. The summed E-state index contributed by atoms with van der Waals surface area (Å²) in [5.41, 5.74) is 13.8. The van der Waals surface area contributed by atoms with Crippen molar-refractivity contribution in [1.82, 2.24) is 21.3 Å². The van der Waals surface area contributed by atoms with E-state index >= 15 is 0 Å². The molecule has 0 radical (unpaired) electrons. The third-order valence-electron chi connectivity index (χ3n) is 7.57. The van der Waals surface area contributed by atoms with Gasteiger partial charge in [0, 0.05) is 25.9 Å². The first-order valence-electron chi connectivity index (χ1n) is 12.9. The van der Waals surface area contributed by atoms with E-state index in [1.54, 1.807) is 0 Å². The number of halogens is 1. The minimum Gasteiger partial charge on any atom is -0.373 e. The van der Waals surface area contributed by atoms with Gasteiger partial charge < -0.3 is 32.2 Å². The van der Waals surface area contributed by atoms with E-state index in [0.717, 1.165) is 58.3 Å². The van der Waals surface area contributed by atoms with Crippen LogP contribution in [-0.4, -0.2) is 91.4 Å². The third-order valence-corrected chi connectivity index (χ3v) is 7.87. The van der Waals surface area contributed by atoms with Crippen LogP contribution in [0.4, 0.5) is 0 Å². The summed E-state index contributed by atoms with van der Waals surface area (Å²) in [6.45, 7) is 4.92. The standard InChI is InChI=1S/C23H42ClN7O2/c24-15-12-29-22(31(14-15)16-4-2-1-3-5-16)20(21(25)26)23(32)30-18-13-28-11-8-19(18)33-17-6-9-27-10-7-17/h15,17-22,27-29H,1-14,25-26H2/p+1. The van der Waals surface area contributed by atoms with Gasteiger partial charge in [-0.05, 0) is 51.7 Å². The van der Waals surface area contributed by atoms with Gasteiger partial charge in [0.15, 0.2) is 12.3 Å². The molecule has 5 atom stereocenters. The molecule has 0 aromatic rings. The highest BCUT2D eigenvalue weighted by molar-refractivity contribution is 6.21. The summed E-state index contributed by atoms with van der Waals surface area (Å²) in [4.78, 5) is 13.6. The fourth-order valence-corrected chi connectivity index (χ4v) is 6.01. The average molecular weight is 485 g/mol. The first-order chi connectivity index (χ1) is 16.0. The number of nitrogens with two attached hydrogens (primary N) is 2. The molecule has 1 aliphatic carbocycles. The summed E-state index contributed by atoms with van der Waals surface area (Å²) in [5.74, 6) is -0.686. The Balaban J connectivity index is 1.47. The van der Waals surface area contributed by atoms with Crippen molar-refractivity contribution < 1.29 is 14.1 Å². The maximum absolute atomic E-state index is 13.6. The van der Waals surface area contributed by atoms with Crippen LogP contribution in [0.2, 0.25) is 0 Å². The smallest absolute Gasteiger partial charge is 0.234 e. The Kier molecular flexibility index (Phi) is 9.38. The molecule has 5 unspecified atom stereocenters. The number of nitrogens with zero attached hydrogens (tertiary/aromatic N) is 1. The van der Waals surface area contributed by atoms with Gasteiger partial charge in [-0.25, -0.2) is 4.58 Å². The maximum Gasteiger partial charge on any atom is 0.234 e. The van der Waals surface area contributed by atoms with Gasteiger partial charge in [0.2, 0.25) is 12.1 Å². The number of alkyl halides is 1. The topological polar surface area (TPSA) is 129 Å². The van der Waals surface area contributed by atoms with E-state index in [1.165, 1.54) is 25.0 Å². The molecule has 3 heterocycles. The molecule has 4 rings (SSSR count). The van der Waals surface area contributed by atoms with E-state index < -0.39 is 12.1 Å². The molecule has 0 bridgehead atoms. The zero-order chi connectivity index (χ0) is 23.2. The van der Waals surface area contributed by atoms with E-state index in [4.69, 9.17) is 27.8 Å². The lowest BCUT2D eigenvalue weighted by atomic mass is 9.94. The van der Waals surface area contributed by atoms with E-state index in [9.17, 15) is 4.79 Å². The SMILES string of the molecule is NC(N)C(C(=O)NC1CNCCC1OC1CCNCC1)C1NCC(Cl)C[N+]1=C1CCCCC1. The van der Waals surface area contributed by atoms with Crippen molar-refractivity contribution in [3.8, 4) is 0 Å². The van der Waals surface area contributed by atoms with Crippen LogP contribution < -0.4 is 32.7 Å². The highest BCUT2D eigenvalue weighted by Crippen LogP contribution is 2.22. The maximum atomic E-state index is 13.6. The van der Waals surface area contributed by atoms with E-state index in [0.29, 0.717) is 13.1 Å². The molecule has 9 nitrogen and oxygen atoms in total. The molecular weight excluding hydrogens is 442 g/mol. The van der Waals surface area contributed by atoms with Crippen LogP contribution in [0.5, 0.6) is 0 Å². The second-order valence-electron chi connectivity index (χ2n) is 10.1. The Morgan fingerprint density at radius 1 is 1.06 bits per heavy atom. The van der Waals surface area contributed by atoms with Gasteiger partial charge in [-0.15, -0.1) is 11.6 Å². The molecule has 4 fully saturated rings. The van der Waals surface area contributed by atoms with Crippen LogP contribution in [-0.2, 0) is 9.53 Å². The summed E-state index contributed by atoms with van der Waals surface area (Å²) in [5, 5.41) is 13.5. The van der Waals surface area contributed by atoms with Crippen LogP contribution in [0.15, 0.2) is 0 Å². The molecule has 33 heavy (non-hydrogen) atoms. The van der Waals surface area contributed by atoms with Crippen molar-refractivity contribution in [3.05, 3.63) is 0 Å². The van der Waals surface area contributed by atoms with E-state index in [2.05, 4.69) is 25.8 Å². The van der Waals surface area contributed by atoms with Crippen molar-refractivity contribution in [2.24, 2.45) is 17.4 Å². The highest BCUT2D eigenvalue weighted by atomic mass is 35.5. The second-order valence-corrected chi connectivity index (χ2v) is 10.7. The molecular formula is C23H43ClN7O2+. The lowest BCUT2D eigenvalue weighted by Crippen LogP contribution is -2.66. The Morgan fingerprint density at radius 3 is 2.52 bits per heavy atom. The monoisotopic (exact) mass is 484 g/mol. The predicted molar refractivity (Wildman–Crippen MR) is 130 cm³/mol. The minimum atomic E-state index is -0.776. The molecule has 3 saturated heterocycles. The molecule has 8 N–H and O–H groups in total. The Labute approximate surface area is 202 Å². The quantitative estimate of drug-likeness (QED) is 0.169. The fraction of sp³-hybridized carbons (Fsp3) is 0.913. The van der Waals surface area contributed by atoms with Crippen LogP contribution in [0.1, 0.15) is 51.4 Å². The van der Waals surface area contributed by atoms with Crippen LogP contribution >= 0.6 is 11.6 Å². The zero-order valence-corrected chi connectivity index (χ0v) is 20.5. The first kappa shape index (κ1) is 25.3. The molecule has 0 aromatic heterocycles. The van der Waals surface area contributed by atoms with Gasteiger partial charge in [0.25, 0.3) is 0 Å². The van der Waals surface area contributed by atoms with Gasteiger partial charge in [-0.1, -0.05) is 6.42 Å². The van der Waals surface area contributed by atoms with Crippen LogP contribution in [0.3, 0.4) is 0 Å². The summed E-state index contributed by atoms with van der Waals surface area (Å²) in [6.07, 6.45) is 7.86. The summed E-state index contributed by atoms with van der Waals surface area (Å²) < 4.78 is 8.75. The minimum absolute atomic E-state index is 0.00121. The number of hydrogen-bond donors (Lipinski definition) is 6. The van der Waals surface area contributed by atoms with Crippen LogP contribution in [0.25, 0.3) is 0 Å². The summed E-state index contributed by atoms with van der Waals surface area (Å²) in [6, 6.07) is -0.0949. The van der Waals surface area contributed by atoms with Crippen LogP contribution in [0, 0.1) is 5.92 Å². The molecule has 0 spiro atoms. The number of piperidine rings is 2. The fourth-order valence-electron chi connectivity index (χ4n) is 5.77. The third kappa shape index (κ3) is 6.66. The molecule has 4 aliphatic rings. The Hall–Kier alpha value is -0.810. The first-order valence-corrected chi connectivity index (χ1v) is 13.3. The number of ether oxygens (including phenoxy) is 1. The van der Waals surface area contributed by atoms with Gasteiger partial charge in [-0.2, -0.15) is 0 Å². The Morgan fingerprint density at radius 2 is 1.79 bits per heavy atom. The number of carbonyl (C=O) groups is 1. The summed E-state index contributed by atoms with van der Waals surface area (Å²) >= 11 is 6.52. The lowest BCUT2D eigenvalue weighted by molar-refractivity contribution is -0.589. The lowest BCUT2D eigenvalue weighted by Gasteiger charge is -2.38. The van der Waals surface area contributed by atoms with Gasteiger partial charge >= 0.3 is 0 Å². The van der Waals surface area contributed by atoms with E-state index in [1.807, 2.05) is 0 Å². The number of nitrogens with one attached hydrogen (secondary N) is 4. The highest BCUT2D eigenvalue weighted by Gasteiger charge is 2.45. The second kappa shape index (κ2) is 12.2. The molecule has 188 valence electrons. The molecule has 1 amide bonds. The van der Waals surface area contributed by atoms with Crippen molar-refractivity contribution in [2.45, 2.75) is 87.3 Å². The normalized spacial score (nSPS) is 33.2. The van der Waals surface area contributed by atoms with E-state index in [-0.39, 0.29) is 35.7 Å². The van der Waals surface area contributed by atoms with Gasteiger partial charge in [-0.3, -0.25) is 10.1 Å². The van der Waals surface area contributed by atoms with Crippen molar-refractivity contribution in [2.75, 3.05) is 39.3 Å². The van der Waals surface area contributed by atoms with Crippen molar-refractivity contribution in [3.63, 3.8) is 0 Å². The molecule has 10 heteroatoms. The zero-order valence-electron chi connectivity index (χ0n) is 19.7. The largest absolute Gasteiger partial charge is 0.373 e. The molecule has 0 aromatic carbocycles. The van der Waals surface area contributed by atoms with Gasteiger partial charge in [0.1, 0.15) is 11.3 Å². The number of amides is 1. The number of hydrogen-bond acceptors (Lipinski definition) is 7. The molecule has 3 aliphatic heterocycles. The van der Waals surface area contributed by atoms with Gasteiger partial charge in [0.05, 0.1) is 24.4 Å². The number of carbonyl (C=O) groups excluding carboxylic acids is 1. The molecule has 1 saturated carbocycles.